The third-order valence-corrected chi connectivity index (χ3v) is 4.93. The lowest BCUT2D eigenvalue weighted by Crippen LogP contribution is -2.34. The van der Waals surface area contributed by atoms with Gasteiger partial charge in [-0.2, -0.15) is 0 Å². The summed E-state index contributed by atoms with van der Waals surface area (Å²) in [7, 11) is 0. The summed E-state index contributed by atoms with van der Waals surface area (Å²) in [6.45, 7) is 5.39. The minimum absolute atomic E-state index is 0.839. The quantitative estimate of drug-likeness (QED) is 0.887. The van der Waals surface area contributed by atoms with Gasteiger partial charge in [0.2, 0.25) is 0 Å². The third kappa shape index (κ3) is 3.14. The first-order chi connectivity index (χ1) is 9.86. The van der Waals surface area contributed by atoms with E-state index in [4.69, 9.17) is 0 Å². The highest BCUT2D eigenvalue weighted by molar-refractivity contribution is 5.35. The van der Waals surface area contributed by atoms with Gasteiger partial charge in [-0.05, 0) is 56.7 Å². The molecule has 1 atom stereocenters. The van der Waals surface area contributed by atoms with Gasteiger partial charge in [-0.3, -0.25) is 4.90 Å². The topological polar surface area (TPSA) is 28.2 Å². The van der Waals surface area contributed by atoms with Crippen LogP contribution in [0.25, 0.3) is 0 Å². The van der Waals surface area contributed by atoms with E-state index in [9.17, 15) is 0 Å². The smallest absolute Gasteiger partial charge is 0.125 e. The highest BCUT2D eigenvalue weighted by Crippen LogP contribution is 2.35. The summed E-state index contributed by atoms with van der Waals surface area (Å²) in [5, 5.41) is 3.26. The predicted octanol–water partition coefficient (Wildman–Crippen LogP) is 3.67. The van der Waals surface area contributed by atoms with Crippen LogP contribution in [-0.2, 0) is 6.54 Å². The Labute approximate surface area is 122 Å². The van der Waals surface area contributed by atoms with E-state index >= 15 is 0 Å². The van der Waals surface area contributed by atoms with E-state index < -0.39 is 0 Å². The van der Waals surface area contributed by atoms with Gasteiger partial charge >= 0.3 is 0 Å². The van der Waals surface area contributed by atoms with Gasteiger partial charge in [0, 0.05) is 25.3 Å². The molecule has 0 spiro atoms. The molecule has 1 saturated heterocycles. The Morgan fingerprint density at radius 3 is 2.75 bits per heavy atom. The highest BCUT2D eigenvalue weighted by atomic mass is 15.2. The van der Waals surface area contributed by atoms with Crippen molar-refractivity contribution < 1.29 is 0 Å². The number of nitrogens with zero attached hydrogens (tertiary/aromatic N) is 2. The molecule has 1 unspecified atom stereocenters. The molecule has 3 nitrogen and oxygen atoms in total. The molecule has 2 aliphatic rings. The van der Waals surface area contributed by atoms with Crippen LogP contribution in [0.4, 0.5) is 5.82 Å². The monoisotopic (exact) mass is 273 g/mol. The largest absolute Gasteiger partial charge is 0.370 e. The predicted molar refractivity (Wildman–Crippen MR) is 83.8 cm³/mol. The molecule has 0 amide bonds. The van der Waals surface area contributed by atoms with Gasteiger partial charge in [0.1, 0.15) is 5.82 Å². The molecule has 2 heterocycles. The molecule has 3 heteroatoms. The van der Waals surface area contributed by atoms with Crippen LogP contribution >= 0.6 is 0 Å². The van der Waals surface area contributed by atoms with Crippen LogP contribution in [0.5, 0.6) is 0 Å². The average molecular weight is 273 g/mol. The molecular formula is C17H27N3. The lowest BCUT2D eigenvalue weighted by Gasteiger charge is -2.29. The lowest BCUT2D eigenvalue weighted by molar-refractivity contribution is 0.183. The average Bonchev–Trinajstić information content (AvgIpc) is 3.12. The molecule has 1 aliphatic carbocycles. The molecule has 0 aromatic carbocycles. The molecule has 2 fully saturated rings. The van der Waals surface area contributed by atoms with E-state index in [-0.39, 0.29) is 0 Å². The first-order valence-corrected chi connectivity index (χ1v) is 8.29. The van der Waals surface area contributed by atoms with E-state index in [0.717, 1.165) is 30.9 Å². The highest BCUT2D eigenvalue weighted by Gasteiger charge is 2.32. The molecule has 1 aromatic heterocycles. The van der Waals surface area contributed by atoms with Crippen molar-refractivity contribution in [2.24, 2.45) is 5.92 Å². The number of likely N-dealkylation sites (tertiary alicyclic amines) is 1. The van der Waals surface area contributed by atoms with E-state index in [0.29, 0.717) is 0 Å². The van der Waals surface area contributed by atoms with Crippen molar-refractivity contribution >= 4 is 5.82 Å². The zero-order chi connectivity index (χ0) is 13.8. The number of hydrogen-bond donors (Lipinski definition) is 1. The molecule has 3 rings (SSSR count). The number of aromatic nitrogens is 1. The zero-order valence-electron chi connectivity index (χ0n) is 12.6. The second-order valence-corrected chi connectivity index (χ2v) is 6.31. The van der Waals surface area contributed by atoms with Crippen LogP contribution in [0.3, 0.4) is 0 Å². The van der Waals surface area contributed by atoms with Crippen LogP contribution < -0.4 is 5.32 Å². The maximum Gasteiger partial charge on any atom is 0.125 e. The number of anilines is 1. The molecule has 1 aliphatic heterocycles. The first kappa shape index (κ1) is 13.9. The number of hydrogen-bond acceptors (Lipinski definition) is 3. The van der Waals surface area contributed by atoms with E-state index in [1.165, 1.54) is 50.6 Å². The van der Waals surface area contributed by atoms with E-state index in [1.54, 1.807) is 0 Å². The van der Waals surface area contributed by atoms with Crippen molar-refractivity contribution in [3.63, 3.8) is 0 Å². The van der Waals surface area contributed by atoms with Crippen LogP contribution in [0, 0.1) is 5.92 Å². The first-order valence-electron chi connectivity index (χ1n) is 8.29. The van der Waals surface area contributed by atoms with Crippen molar-refractivity contribution in [2.45, 2.75) is 58.0 Å². The Morgan fingerprint density at radius 1 is 1.20 bits per heavy atom. The number of nitrogens with one attached hydrogen (secondary N) is 1. The molecule has 1 N–H and O–H groups in total. The summed E-state index contributed by atoms with van der Waals surface area (Å²) in [5.41, 5.74) is 1.36. The molecule has 1 aromatic rings. The van der Waals surface area contributed by atoms with Crippen molar-refractivity contribution in [2.75, 3.05) is 18.4 Å². The van der Waals surface area contributed by atoms with Crippen LogP contribution in [0.2, 0.25) is 0 Å². The summed E-state index contributed by atoms with van der Waals surface area (Å²) >= 11 is 0. The van der Waals surface area contributed by atoms with E-state index in [2.05, 4.69) is 34.3 Å². The standard InChI is InChI=1S/C17H27N3/c1-2-18-17-10-9-14(12-19-17)13-20-11-5-8-16(20)15-6-3-4-7-15/h9-10,12,15-16H,2-8,11,13H2,1H3,(H,18,19). The van der Waals surface area contributed by atoms with Gasteiger partial charge in [-0.15, -0.1) is 0 Å². The second-order valence-electron chi connectivity index (χ2n) is 6.31. The Hall–Kier alpha value is -1.09. The van der Waals surface area contributed by atoms with Crippen LogP contribution in [0.15, 0.2) is 18.3 Å². The van der Waals surface area contributed by atoms with Crippen molar-refractivity contribution in [3.05, 3.63) is 23.9 Å². The number of rotatable bonds is 5. The van der Waals surface area contributed by atoms with Gasteiger partial charge in [-0.25, -0.2) is 4.98 Å². The maximum absolute atomic E-state index is 4.50. The molecule has 0 radical (unpaired) electrons. The van der Waals surface area contributed by atoms with Gasteiger partial charge in [0.05, 0.1) is 0 Å². The second kappa shape index (κ2) is 6.57. The van der Waals surface area contributed by atoms with Crippen molar-refractivity contribution in [3.8, 4) is 0 Å². The SMILES string of the molecule is CCNc1ccc(CN2CCCC2C2CCCC2)cn1. The Kier molecular flexibility index (Phi) is 4.56. The van der Waals surface area contributed by atoms with Crippen molar-refractivity contribution in [1.82, 2.24) is 9.88 Å². The number of pyridine rings is 1. The van der Waals surface area contributed by atoms with Gasteiger partial charge in [-0.1, -0.05) is 18.9 Å². The lowest BCUT2D eigenvalue weighted by atomic mass is 9.96. The fourth-order valence-corrected chi connectivity index (χ4v) is 3.96. The molecule has 1 saturated carbocycles. The van der Waals surface area contributed by atoms with Gasteiger partial charge in [0.25, 0.3) is 0 Å². The molecular weight excluding hydrogens is 246 g/mol. The van der Waals surface area contributed by atoms with E-state index in [1.807, 2.05) is 6.20 Å². The van der Waals surface area contributed by atoms with Crippen LogP contribution in [-0.4, -0.2) is 29.0 Å². The Bertz CT molecular complexity index is 409. The maximum atomic E-state index is 4.50. The zero-order valence-corrected chi connectivity index (χ0v) is 12.6. The Balaban J connectivity index is 1.60. The normalized spacial score (nSPS) is 24.4. The van der Waals surface area contributed by atoms with Gasteiger partial charge < -0.3 is 5.32 Å². The molecule has 20 heavy (non-hydrogen) atoms. The summed E-state index contributed by atoms with van der Waals surface area (Å²) < 4.78 is 0. The van der Waals surface area contributed by atoms with Crippen LogP contribution in [0.1, 0.15) is 51.0 Å². The molecule has 110 valence electrons. The summed E-state index contributed by atoms with van der Waals surface area (Å²) in [6, 6.07) is 5.18. The molecule has 0 bridgehead atoms. The summed E-state index contributed by atoms with van der Waals surface area (Å²) in [4.78, 5) is 7.20. The Morgan fingerprint density at radius 2 is 2.05 bits per heavy atom. The third-order valence-electron chi connectivity index (χ3n) is 4.93. The minimum atomic E-state index is 0.839. The fraction of sp³-hybridized carbons (Fsp3) is 0.706. The fourth-order valence-electron chi connectivity index (χ4n) is 3.96. The summed E-state index contributed by atoms with van der Waals surface area (Å²) in [6.07, 6.45) is 10.7. The van der Waals surface area contributed by atoms with Crippen molar-refractivity contribution in [1.29, 1.82) is 0 Å². The van der Waals surface area contributed by atoms with Gasteiger partial charge in [0.15, 0.2) is 0 Å². The summed E-state index contributed by atoms with van der Waals surface area (Å²) in [5.74, 6) is 1.96. The minimum Gasteiger partial charge on any atom is -0.370 e.